The van der Waals surface area contributed by atoms with Gasteiger partial charge in [0.05, 0.1) is 17.1 Å². The monoisotopic (exact) mass is 369 g/mol. The molecule has 0 fully saturated rings. The quantitative estimate of drug-likeness (QED) is 0.884. The second-order valence-corrected chi connectivity index (χ2v) is 7.66. The van der Waals surface area contributed by atoms with E-state index in [9.17, 15) is 17.6 Å². The van der Waals surface area contributed by atoms with Gasteiger partial charge in [0.2, 0.25) is 0 Å². The van der Waals surface area contributed by atoms with E-state index in [1.807, 2.05) is 0 Å². The van der Waals surface area contributed by atoms with Crippen LogP contribution in [0.3, 0.4) is 0 Å². The van der Waals surface area contributed by atoms with Crippen molar-refractivity contribution in [1.29, 1.82) is 0 Å². The predicted octanol–water partition coefficient (Wildman–Crippen LogP) is 2.86. The fourth-order valence-corrected chi connectivity index (χ4v) is 3.76. The lowest BCUT2D eigenvalue weighted by atomic mass is 10.2. The van der Waals surface area contributed by atoms with Gasteiger partial charge in [-0.2, -0.15) is 8.42 Å². The van der Waals surface area contributed by atoms with Crippen molar-refractivity contribution in [3.8, 4) is 0 Å². The Hall–Kier alpha value is -2.32. The van der Waals surface area contributed by atoms with E-state index < -0.39 is 21.9 Å². The number of fused-ring (bicyclic) bond motifs is 1. The minimum Gasteiger partial charge on any atom is -0.319 e. The first-order valence-electron chi connectivity index (χ1n) is 6.85. The summed E-state index contributed by atoms with van der Waals surface area (Å²) in [5.41, 5.74) is 0.632. The average molecular weight is 370 g/mol. The van der Waals surface area contributed by atoms with Crippen molar-refractivity contribution >= 4 is 44.8 Å². The van der Waals surface area contributed by atoms with E-state index in [2.05, 4.69) is 5.32 Å². The zero-order valence-electron chi connectivity index (χ0n) is 12.7. The number of halogens is 2. The summed E-state index contributed by atoms with van der Waals surface area (Å²) in [4.78, 5) is 12.2. The molecule has 24 heavy (non-hydrogen) atoms. The fourth-order valence-electron chi connectivity index (χ4n) is 2.41. The molecule has 126 valence electrons. The molecule has 0 atom stereocenters. The molecule has 0 radical (unpaired) electrons. The van der Waals surface area contributed by atoms with Gasteiger partial charge in [0.1, 0.15) is 5.82 Å². The Morgan fingerprint density at radius 2 is 1.75 bits per heavy atom. The Bertz CT molecular complexity index is 949. The van der Waals surface area contributed by atoms with Crippen molar-refractivity contribution in [2.45, 2.75) is 0 Å². The molecule has 3 rings (SSSR count). The van der Waals surface area contributed by atoms with Crippen LogP contribution in [0.5, 0.6) is 0 Å². The van der Waals surface area contributed by atoms with Crippen LogP contribution in [-0.4, -0.2) is 28.4 Å². The standard InChI is InChI=1S/C15H13ClFN3O3S/c1-19-13-7-11(17)12(8-14(13)20(2)24(19,22)23)18-15(21)9-4-3-5-10(16)6-9/h3-8H,1-2H3,(H,18,21). The number of carbonyl (C=O) groups excluding carboxylic acids is 1. The van der Waals surface area contributed by atoms with E-state index in [4.69, 9.17) is 11.6 Å². The van der Waals surface area contributed by atoms with Crippen LogP contribution in [0.4, 0.5) is 21.5 Å². The van der Waals surface area contributed by atoms with Crippen LogP contribution in [0.2, 0.25) is 5.02 Å². The third kappa shape index (κ3) is 2.57. The summed E-state index contributed by atoms with van der Waals surface area (Å²) in [6.45, 7) is 0. The van der Waals surface area contributed by atoms with E-state index >= 15 is 0 Å². The largest absolute Gasteiger partial charge is 0.326 e. The zero-order chi connectivity index (χ0) is 17.6. The first kappa shape index (κ1) is 16.5. The van der Waals surface area contributed by atoms with E-state index in [0.29, 0.717) is 5.02 Å². The molecule has 2 aromatic rings. The average Bonchev–Trinajstić information content (AvgIpc) is 2.69. The molecule has 1 aliphatic rings. The van der Waals surface area contributed by atoms with Crippen LogP contribution in [0.15, 0.2) is 36.4 Å². The third-order valence-electron chi connectivity index (χ3n) is 3.77. The maximum Gasteiger partial charge on any atom is 0.326 e. The maximum absolute atomic E-state index is 14.3. The molecule has 1 aliphatic heterocycles. The maximum atomic E-state index is 14.3. The molecule has 2 aromatic carbocycles. The Morgan fingerprint density at radius 1 is 1.12 bits per heavy atom. The van der Waals surface area contributed by atoms with Crippen LogP contribution in [0.1, 0.15) is 10.4 Å². The molecule has 0 saturated carbocycles. The zero-order valence-corrected chi connectivity index (χ0v) is 14.3. The number of nitrogens with zero attached hydrogens (tertiary/aromatic N) is 2. The molecule has 0 saturated heterocycles. The molecule has 0 aliphatic carbocycles. The Labute approximate surface area is 143 Å². The van der Waals surface area contributed by atoms with Crippen LogP contribution in [0.25, 0.3) is 0 Å². The van der Waals surface area contributed by atoms with Gasteiger partial charge in [0.15, 0.2) is 0 Å². The highest BCUT2D eigenvalue weighted by molar-refractivity contribution is 7.94. The summed E-state index contributed by atoms with van der Waals surface area (Å²) in [5.74, 6) is -1.28. The van der Waals surface area contributed by atoms with Crippen LogP contribution in [0, 0.1) is 5.82 Å². The molecule has 1 N–H and O–H groups in total. The van der Waals surface area contributed by atoms with Gasteiger partial charge < -0.3 is 5.32 Å². The smallest absolute Gasteiger partial charge is 0.319 e. The normalized spacial score (nSPS) is 15.3. The van der Waals surface area contributed by atoms with Crippen molar-refractivity contribution < 1.29 is 17.6 Å². The minimum absolute atomic E-state index is 0.115. The number of anilines is 3. The van der Waals surface area contributed by atoms with Gasteiger partial charge in [-0.3, -0.25) is 13.4 Å². The highest BCUT2D eigenvalue weighted by Gasteiger charge is 2.36. The van der Waals surface area contributed by atoms with E-state index in [1.54, 1.807) is 12.1 Å². The molecule has 9 heteroatoms. The molecule has 0 aromatic heterocycles. The topological polar surface area (TPSA) is 69.7 Å². The number of hydrogen-bond acceptors (Lipinski definition) is 3. The van der Waals surface area contributed by atoms with Crippen molar-refractivity contribution in [3.63, 3.8) is 0 Å². The number of carbonyl (C=O) groups is 1. The third-order valence-corrected chi connectivity index (χ3v) is 5.78. The molecular weight excluding hydrogens is 357 g/mol. The van der Waals surface area contributed by atoms with Crippen molar-refractivity contribution in [2.75, 3.05) is 28.0 Å². The van der Waals surface area contributed by atoms with Gasteiger partial charge >= 0.3 is 10.2 Å². The second-order valence-electron chi connectivity index (χ2n) is 5.23. The molecule has 0 unspecified atom stereocenters. The molecule has 1 amide bonds. The van der Waals surface area contributed by atoms with Crippen LogP contribution >= 0.6 is 11.6 Å². The molecule has 1 heterocycles. The second kappa shape index (κ2) is 5.64. The summed E-state index contributed by atoms with van der Waals surface area (Å²) in [7, 11) is -1.02. The number of hydrogen-bond donors (Lipinski definition) is 1. The summed E-state index contributed by atoms with van der Waals surface area (Å²) in [6, 6.07) is 8.57. The molecule has 0 bridgehead atoms. The summed E-state index contributed by atoms with van der Waals surface area (Å²) >= 11 is 5.83. The van der Waals surface area contributed by atoms with Crippen LogP contribution < -0.4 is 13.9 Å². The summed E-state index contributed by atoms with van der Waals surface area (Å²) in [5, 5.41) is 2.81. The Balaban J connectivity index is 1.97. The SMILES string of the molecule is CN1c2cc(F)c(NC(=O)c3cccc(Cl)c3)cc2N(C)S1(=O)=O. The van der Waals surface area contributed by atoms with Gasteiger partial charge in [-0.15, -0.1) is 0 Å². The first-order chi connectivity index (χ1) is 11.2. The van der Waals surface area contributed by atoms with Gasteiger partial charge in [0, 0.05) is 30.7 Å². The lowest BCUT2D eigenvalue weighted by Crippen LogP contribution is -2.32. The minimum atomic E-state index is -3.71. The van der Waals surface area contributed by atoms with Gasteiger partial charge in [-0.25, -0.2) is 4.39 Å². The van der Waals surface area contributed by atoms with E-state index in [1.165, 1.54) is 32.3 Å². The molecular formula is C15H13ClFN3O3S. The molecule has 6 nitrogen and oxygen atoms in total. The van der Waals surface area contributed by atoms with Crippen LogP contribution in [-0.2, 0) is 10.2 Å². The van der Waals surface area contributed by atoms with E-state index in [-0.39, 0.29) is 22.6 Å². The van der Waals surface area contributed by atoms with Crippen molar-refractivity contribution in [1.82, 2.24) is 0 Å². The van der Waals surface area contributed by atoms with Gasteiger partial charge in [0.25, 0.3) is 5.91 Å². The highest BCUT2D eigenvalue weighted by Crippen LogP contribution is 2.41. The Kier molecular flexibility index (Phi) is 3.89. The van der Waals surface area contributed by atoms with Crippen molar-refractivity contribution in [2.24, 2.45) is 0 Å². The fraction of sp³-hybridized carbons (Fsp3) is 0.133. The lowest BCUT2D eigenvalue weighted by Gasteiger charge is -2.13. The van der Waals surface area contributed by atoms with Crippen molar-refractivity contribution in [3.05, 3.63) is 52.8 Å². The number of benzene rings is 2. The Morgan fingerprint density at radius 3 is 2.38 bits per heavy atom. The van der Waals surface area contributed by atoms with Gasteiger partial charge in [-0.1, -0.05) is 17.7 Å². The first-order valence-corrected chi connectivity index (χ1v) is 8.62. The summed E-state index contributed by atoms with van der Waals surface area (Å²) < 4.78 is 40.4. The number of rotatable bonds is 2. The van der Waals surface area contributed by atoms with E-state index in [0.717, 1.165) is 14.7 Å². The number of amides is 1. The molecule has 0 spiro atoms. The summed E-state index contributed by atoms with van der Waals surface area (Å²) in [6.07, 6.45) is 0. The lowest BCUT2D eigenvalue weighted by molar-refractivity contribution is 0.102. The number of nitrogens with one attached hydrogen (secondary N) is 1. The van der Waals surface area contributed by atoms with Gasteiger partial charge in [-0.05, 0) is 24.3 Å². The highest BCUT2D eigenvalue weighted by atomic mass is 35.5. The predicted molar refractivity (Wildman–Crippen MR) is 91.5 cm³/mol.